The molecule has 13 aliphatic rings. The number of carbonyl (C=O) groups excluding carboxylic acids is 6. The molecule has 82 heavy (non-hydrogen) atoms. The van der Waals surface area contributed by atoms with Crippen LogP contribution in [0.25, 0.3) is 21.5 Å². The number of ether oxygens (including phenoxy) is 6. The van der Waals surface area contributed by atoms with Crippen LogP contribution in [0.15, 0.2) is 123 Å². The number of hydrogen-bond acceptors (Lipinski definition) is 16. The van der Waals surface area contributed by atoms with Crippen molar-refractivity contribution in [3.63, 3.8) is 0 Å². The highest BCUT2D eigenvalue weighted by molar-refractivity contribution is 6.88. The molecule has 0 N–H and O–H groups in total. The van der Waals surface area contributed by atoms with Crippen molar-refractivity contribution >= 4 is 126 Å². The number of Topliss-reactive ketones (excluding diaryl/α,β-unsaturated/α-hetero) is 4. The van der Waals surface area contributed by atoms with Crippen LogP contribution in [0.1, 0.15) is 47.0 Å². The fourth-order valence-corrected chi connectivity index (χ4v) is 22.9. The second-order valence-electron chi connectivity index (χ2n) is 24.0. The summed E-state index contributed by atoms with van der Waals surface area (Å²) in [6.45, 7) is -0.183. The van der Waals surface area contributed by atoms with Gasteiger partial charge in [0.15, 0.2) is 0 Å². The Bertz CT molecular complexity index is 3770. The number of alkyl halides is 4. The number of likely N-dealkylation sites (tertiary alicyclic amines) is 1. The van der Waals surface area contributed by atoms with Gasteiger partial charge in [-0.1, -0.05) is 97.1 Å². The normalized spacial score (nSPS) is 43.2. The summed E-state index contributed by atoms with van der Waals surface area (Å²) in [5.74, 6) is -11.9. The molecule has 18 atom stereocenters. The molecule has 8 bridgehead atoms. The average Bonchev–Trinajstić information content (AvgIpc) is 1.41. The number of carbonyl (C=O) groups is 6. The number of imide groups is 1. The minimum absolute atomic E-state index is 0.144. The number of fused-ring (bicyclic) bond motifs is 30. The first-order chi connectivity index (χ1) is 39.5. The number of rotatable bonds is 6. The molecular weight excluding hydrogens is 1140 g/mol. The van der Waals surface area contributed by atoms with E-state index in [2.05, 4.69) is 6.07 Å². The summed E-state index contributed by atoms with van der Waals surface area (Å²) in [5, 5.41) is 3.42. The molecule has 0 radical (unpaired) electrons. The van der Waals surface area contributed by atoms with Crippen molar-refractivity contribution in [1.82, 2.24) is 4.90 Å². The Hall–Kier alpha value is -5.96. The van der Waals surface area contributed by atoms with Crippen LogP contribution < -0.4 is 0 Å². The highest BCUT2D eigenvalue weighted by Crippen LogP contribution is 2.90. The van der Waals surface area contributed by atoms with Gasteiger partial charge in [-0.2, -0.15) is 0 Å². The fraction of sp³-hybridized carbons (Fsp3) is 0.410. The lowest BCUT2D eigenvalue weighted by Gasteiger charge is -2.57. The smallest absolute Gasteiger partial charge is 0.242 e. The predicted molar refractivity (Wildman–Crippen MR) is 296 cm³/mol. The topological polar surface area (TPSA) is 210 Å². The molecule has 2 amide bonds. The molecule has 0 aromatic heterocycles. The van der Waals surface area contributed by atoms with Gasteiger partial charge in [-0.05, 0) is 33.2 Å². The molecule has 17 nitrogen and oxygen atoms in total. The summed E-state index contributed by atoms with van der Waals surface area (Å²) in [4.78, 5) is 106. The number of aliphatic imine (C=N–C) groups is 4. The number of methoxy groups -OCH3 is 4. The summed E-state index contributed by atoms with van der Waals surface area (Å²) in [6, 6.07) is 25.5. The van der Waals surface area contributed by atoms with E-state index in [0.29, 0.717) is 0 Å². The van der Waals surface area contributed by atoms with Crippen molar-refractivity contribution < 1.29 is 57.2 Å². The van der Waals surface area contributed by atoms with E-state index in [-0.39, 0.29) is 51.6 Å². The van der Waals surface area contributed by atoms with Crippen molar-refractivity contribution in [2.75, 3.05) is 28.4 Å². The molecule has 7 aliphatic heterocycles. The third-order valence-corrected chi connectivity index (χ3v) is 25.1. The molecule has 21 heteroatoms. The Balaban J connectivity index is 0.879. The summed E-state index contributed by atoms with van der Waals surface area (Å²) in [5.41, 5.74) is -3.54. The molecule has 7 heterocycles. The van der Waals surface area contributed by atoms with Crippen LogP contribution in [0.4, 0.5) is 0 Å². The van der Waals surface area contributed by atoms with E-state index in [1.807, 2.05) is 48.5 Å². The summed E-state index contributed by atoms with van der Waals surface area (Å²) < 4.78 is 41.1. The molecule has 10 unspecified atom stereocenters. The number of benzene rings is 5. The van der Waals surface area contributed by atoms with Crippen molar-refractivity contribution in [3.05, 3.63) is 131 Å². The van der Waals surface area contributed by atoms with Gasteiger partial charge in [-0.15, -0.1) is 46.4 Å². The molecule has 4 saturated carbocycles. The van der Waals surface area contributed by atoms with E-state index in [4.69, 9.17) is 94.8 Å². The van der Waals surface area contributed by atoms with Crippen LogP contribution in [-0.2, 0) is 44.6 Å². The minimum Gasteiger partial charge on any atom is -0.372 e. The van der Waals surface area contributed by atoms with Gasteiger partial charge in [-0.3, -0.25) is 53.6 Å². The second-order valence-corrected chi connectivity index (χ2v) is 26.5. The zero-order valence-corrected chi connectivity index (χ0v) is 46.6. The first kappa shape index (κ1) is 49.5. The lowest BCUT2D eigenvalue weighted by Crippen LogP contribution is -2.74. The lowest BCUT2D eigenvalue weighted by molar-refractivity contribution is -0.236. The average molecular weight is 1180 g/mol. The van der Waals surface area contributed by atoms with Crippen molar-refractivity contribution in [3.8, 4) is 0 Å². The van der Waals surface area contributed by atoms with Crippen LogP contribution in [0.5, 0.6) is 0 Å². The molecule has 5 saturated heterocycles. The Morgan fingerprint density at radius 3 is 1.01 bits per heavy atom. The predicted octanol–water partition coefficient (Wildman–Crippen LogP) is 6.23. The third-order valence-electron chi connectivity index (χ3n) is 22.2. The Labute approximate surface area is 485 Å². The highest BCUT2D eigenvalue weighted by atomic mass is 35.5. The van der Waals surface area contributed by atoms with Gasteiger partial charge < -0.3 is 28.4 Å². The second kappa shape index (κ2) is 14.9. The Morgan fingerprint density at radius 2 is 0.720 bits per heavy atom. The highest BCUT2D eigenvalue weighted by Gasteiger charge is 3.07. The Kier molecular flexibility index (Phi) is 9.00. The van der Waals surface area contributed by atoms with Gasteiger partial charge in [0.05, 0.1) is 31.0 Å². The largest absolute Gasteiger partial charge is 0.372 e. The molecule has 412 valence electrons. The molecule has 5 aromatic carbocycles. The summed E-state index contributed by atoms with van der Waals surface area (Å²) >= 11 is 33.9. The van der Waals surface area contributed by atoms with Gasteiger partial charge in [0.2, 0.25) is 46.5 Å². The molecule has 9 fully saturated rings. The van der Waals surface area contributed by atoms with Gasteiger partial charge in [0.25, 0.3) is 0 Å². The maximum absolute atomic E-state index is 17.1. The summed E-state index contributed by atoms with van der Waals surface area (Å²) in [7, 11) is 5.55. The molecular formula is C61H43Cl4N5O12. The van der Waals surface area contributed by atoms with Gasteiger partial charge in [0.1, 0.15) is 77.3 Å². The van der Waals surface area contributed by atoms with Crippen molar-refractivity contribution in [2.24, 2.45) is 54.5 Å². The zero-order valence-electron chi connectivity index (χ0n) is 43.6. The number of amides is 2. The van der Waals surface area contributed by atoms with E-state index in [1.54, 1.807) is 48.5 Å². The van der Waals surface area contributed by atoms with E-state index in [0.717, 1.165) is 27.1 Å². The first-order valence-electron chi connectivity index (χ1n) is 27.2. The monoisotopic (exact) mass is 1180 g/mol. The number of halogens is 4. The van der Waals surface area contributed by atoms with Gasteiger partial charge in [0, 0.05) is 74.4 Å². The third kappa shape index (κ3) is 4.42. The van der Waals surface area contributed by atoms with Crippen molar-refractivity contribution in [2.45, 2.75) is 86.2 Å². The zero-order chi connectivity index (χ0) is 56.3. The van der Waals surface area contributed by atoms with E-state index in [9.17, 15) is 19.2 Å². The molecule has 0 spiro atoms. The summed E-state index contributed by atoms with van der Waals surface area (Å²) in [6.07, 6.45) is -5.44. The standard InChI is InChI=1S/C61H43Cl4N5O12/c1-77-60(78-2)56(62)32-33(57(60,63)45-44(56)66-36-37(67-45)41(72)28-18-10-9-17-27(28)40(36)71)49-55-51-35-34(58(64)46-47(59(35,65)61(58,79-3)80-4)69-39-38(68-46)42(73)29-19-11-12-20-30(29)43(39)74)50(82-51)54(55,48(32)81-49)52(75)70(53(55)76)22-31-25-15-7-5-13-23(25)21-24-14-6-8-16-26(24)31/h5-21,32-35,44-51H,22H2,1-4H3/t32?,33?,34?,35?,44?,45?,46?,47?,48-,49+,50+,51-,54?,55?,56+,57-,58-,59+. The number of nitrogens with zero attached hydrogens (tertiary/aromatic N) is 5. The van der Waals surface area contributed by atoms with Crippen LogP contribution in [0, 0.1) is 34.5 Å². The fourth-order valence-electron chi connectivity index (χ4n) is 19.9. The minimum atomic E-state index is -2.05. The lowest BCUT2D eigenvalue weighted by atomic mass is 9.41. The quantitative estimate of drug-likeness (QED) is 0.0802. The van der Waals surface area contributed by atoms with E-state index < -0.39 is 149 Å². The van der Waals surface area contributed by atoms with Gasteiger partial charge in [-0.25, -0.2) is 0 Å². The van der Waals surface area contributed by atoms with Crippen LogP contribution in [0.3, 0.4) is 0 Å². The Morgan fingerprint density at radius 1 is 0.439 bits per heavy atom. The molecule has 6 aliphatic carbocycles. The maximum atomic E-state index is 17.1. The van der Waals surface area contributed by atoms with Crippen LogP contribution >= 0.6 is 46.4 Å². The number of hydrogen-bond donors (Lipinski definition) is 0. The first-order valence-corrected chi connectivity index (χ1v) is 28.7. The maximum Gasteiger partial charge on any atom is 0.242 e. The van der Waals surface area contributed by atoms with Crippen LogP contribution in [-0.4, -0.2) is 171 Å². The SMILES string of the molecule is COC1(OC)[C@@]2(Cl)C3N=C4C(=O)c5ccccc5C(=O)C4=NC3[C@]1(Cl)C1C2[C@H]2O[C@@H]1C13C(=O)N(Cc4c5ccccc5cc5ccccc45)C(=O)C21[C@H]1O[C@@H]3C2C1[C@@]1(Cl)C3N=C4C(=O)c5ccccc5C(=O)C4=NC3[C@]2(Cl)C1(OC)OC. The molecule has 5 aromatic rings. The van der Waals surface area contributed by atoms with Crippen molar-refractivity contribution in [1.29, 1.82) is 0 Å². The number of ketones is 4. The molecule has 18 rings (SSSR count). The van der Waals surface area contributed by atoms with Crippen LogP contribution in [0.2, 0.25) is 0 Å². The van der Waals surface area contributed by atoms with E-state index in [1.165, 1.54) is 33.3 Å². The van der Waals surface area contributed by atoms with E-state index >= 15 is 9.59 Å². The van der Waals surface area contributed by atoms with Gasteiger partial charge >= 0.3 is 0 Å².